The van der Waals surface area contributed by atoms with Crippen LogP contribution in [-0.4, -0.2) is 9.55 Å². The highest BCUT2D eigenvalue weighted by Crippen LogP contribution is 2.31. The lowest BCUT2D eigenvalue weighted by Gasteiger charge is -2.19. The van der Waals surface area contributed by atoms with Crippen LogP contribution in [0, 0.1) is 5.92 Å². The van der Waals surface area contributed by atoms with Crippen LogP contribution < -0.4 is 5.73 Å². The smallest absolute Gasteiger partial charge is 0.127 e. The molecular formula is C15H22ClN3. The first-order chi connectivity index (χ1) is 8.91. The van der Waals surface area contributed by atoms with Gasteiger partial charge in [0, 0.05) is 6.04 Å². The summed E-state index contributed by atoms with van der Waals surface area (Å²) in [6, 6.07) is 6.07. The SMILES string of the molecule is CC(C)CC(N)c1nc2cccc(Cl)c2n1C(C)C. The number of fused-ring (bicyclic) bond motifs is 1. The third-order valence-corrected chi connectivity index (χ3v) is 3.57. The van der Waals surface area contributed by atoms with E-state index in [1.54, 1.807) is 0 Å². The zero-order valence-corrected chi connectivity index (χ0v) is 12.8. The summed E-state index contributed by atoms with van der Waals surface area (Å²) in [6.45, 7) is 8.62. The number of hydrogen-bond acceptors (Lipinski definition) is 2. The number of rotatable bonds is 4. The summed E-state index contributed by atoms with van der Waals surface area (Å²) in [5.41, 5.74) is 8.24. The third kappa shape index (κ3) is 2.77. The zero-order chi connectivity index (χ0) is 14.2. The standard InChI is InChI=1S/C15H22ClN3/c1-9(2)8-12(17)15-18-13-7-5-6-11(16)14(13)19(15)10(3)4/h5-7,9-10,12H,8,17H2,1-4H3. The Hall–Kier alpha value is -1.06. The highest BCUT2D eigenvalue weighted by molar-refractivity contribution is 6.35. The lowest BCUT2D eigenvalue weighted by Crippen LogP contribution is -2.19. The van der Waals surface area contributed by atoms with Crippen molar-refractivity contribution in [2.75, 3.05) is 0 Å². The van der Waals surface area contributed by atoms with Gasteiger partial charge in [-0.2, -0.15) is 0 Å². The van der Waals surface area contributed by atoms with Crippen molar-refractivity contribution in [2.24, 2.45) is 11.7 Å². The van der Waals surface area contributed by atoms with Crippen LogP contribution in [0.1, 0.15) is 52.0 Å². The molecule has 19 heavy (non-hydrogen) atoms. The second kappa shape index (κ2) is 5.51. The van der Waals surface area contributed by atoms with Crippen LogP contribution in [-0.2, 0) is 0 Å². The number of aromatic nitrogens is 2. The van der Waals surface area contributed by atoms with Gasteiger partial charge in [-0.3, -0.25) is 0 Å². The van der Waals surface area contributed by atoms with Gasteiger partial charge in [-0.1, -0.05) is 31.5 Å². The van der Waals surface area contributed by atoms with Gasteiger partial charge in [0.25, 0.3) is 0 Å². The molecule has 3 nitrogen and oxygen atoms in total. The molecule has 1 atom stereocenters. The molecule has 1 unspecified atom stereocenters. The van der Waals surface area contributed by atoms with E-state index in [0.717, 1.165) is 28.3 Å². The van der Waals surface area contributed by atoms with Gasteiger partial charge in [0.2, 0.25) is 0 Å². The second-order valence-electron chi connectivity index (χ2n) is 5.78. The van der Waals surface area contributed by atoms with Crippen molar-refractivity contribution >= 4 is 22.6 Å². The van der Waals surface area contributed by atoms with Gasteiger partial charge in [0.05, 0.1) is 22.1 Å². The van der Waals surface area contributed by atoms with Gasteiger partial charge in [-0.25, -0.2) is 4.98 Å². The monoisotopic (exact) mass is 279 g/mol. The van der Waals surface area contributed by atoms with Crippen molar-refractivity contribution in [1.29, 1.82) is 0 Å². The van der Waals surface area contributed by atoms with E-state index in [2.05, 4.69) is 32.3 Å². The minimum Gasteiger partial charge on any atom is -0.323 e. The fourth-order valence-corrected chi connectivity index (χ4v) is 2.78. The van der Waals surface area contributed by atoms with E-state index in [4.69, 9.17) is 22.3 Å². The number of hydrogen-bond donors (Lipinski definition) is 1. The molecule has 2 aromatic rings. The number of halogens is 1. The summed E-state index contributed by atoms with van der Waals surface area (Å²) in [4.78, 5) is 4.70. The van der Waals surface area contributed by atoms with Gasteiger partial charge in [-0.05, 0) is 38.3 Å². The predicted octanol–water partition coefficient (Wildman–Crippen LogP) is 4.32. The summed E-state index contributed by atoms with van der Waals surface area (Å²) in [5, 5.41) is 0.738. The number of benzene rings is 1. The van der Waals surface area contributed by atoms with Crippen LogP contribution in [0.5, 0.6) is 0 Å². The lowest BCUT2D eigenvalue weighted by atomic mass is 10.0. The Morgan fingerprint density at radius 2 is 1.95 bits per heavy atom. The molecule has 0 bridgehead atoms. The van der Waals surface area contributed by atoms with Crippen LogP contribution >= 0.6 is 11.6 Å². The van der Waals surface area contributed by atoms with Crippen molar-refractivity contribution in [3.05, 3.63) is 29.0 Å². The molecule has 1 heterocycles. The molecule has 0 radical (unpaired) electrons. The van der Waals surface area contributed by atoms with E-state index in [9.17, 15) is 0 Å². The van der Waals surface area contributed by atoms with Crippen LogP contribution in [0.25, 0.3) is 11.0 Å². The molecule has 4 heteroatoms. The Kier molecular flexibility index (Phi) is 4.16. The molecule has 1 aromatic carbocycles. The fraction of sp³-hybridized carbons (Fsp3) is 0.533. The Bertz CT molecular complexity index is 572. The van der Waals surface area contributed by atoms with Crippen molar-refractivity contribution in [3.63, 3.8) is 0 Å². The predicted molar refractivity (Wildman–Crippen MR) is 81.5 cm³/mol. The normalized spacial score (nSPS) is 13.7. The third-order valence-electron chi connectivity index (χ3n) is 3.26. The van der Waals surface area contributed by atoms with Gasteiger partial charge in [0.1, 0.15) is 5.82 Å². The summed E-state index contributed by atoms with van der Waals surface area (Å²) in [7, 11) is 0. The molecule has 0 fully saturated rings. The quantitative estimate of drug-likeness (QED) is 0.906. The minimum atomic E-state index is -0.0501. The van der Waals surface area contributed by atoms with Crippen molar-refractivity contribution < 1.29 is 0 Å². The van der Waals surface area contributed by atoms with Gasteiger partial charge in [-0.15, -0.1) is 0 Å². The fourth-order valence-electron chi connectivity index (χ4n) is 2.52. The largest absolute Gasteiger partial charge is 0.323 e. The van der Waals surface area contributed by atoms with Gasteiger partial charge < -0.3 is 10.3 Å². The molecule has 0 amide bonds. The highest BCUT2D eigenvalue weighted by atomic mass is 35.5. The molecule has 0 saturated carbocycles. The Labute approximate surface area is 119 Å². The summed E-state index contributed by atoms with van der Waals surface area (Å²) < 4.78 is 2.17. The Balaban J connectivity index is 2.60. The summed E-state index contributed by atoms with van der Waals surface area (Å²) in [5.74, 6) is 1.48. The second-order valence-corrected chi connectivity index (χ2v) is 6.18. The number of nitrogens with zero attached hydrogens (tertiary/aromatic N) is 2. The van der Waals surface area contributed by atoms with E-state index >= 15 is 0 Å². The topological polar surface area (TPSA) is 43.8 Å². The van der Waals surface area contributed by atoms with E-state index in [1.165, 1.54) is 0 Å². The zero-order valence-electron chi connectivity index (χ0n) is 12.0. The number of nitrogens with two attached hydrogens (primary N) is 1. The molecule has 104 valence electrons. The molecule has 0 saturated heterocycles. The van der Waals surface area contributed by atoms with Crippen LogP contribution in [0.3, 0.4) is 0 Å². The minimum absolute atomic E-state index is 0.0501. The van der Waals surface area contributed by atoms with E-state index in [1.807, 2.05) is 18.2 Å². The first-order valence-corrected chi connectivity index (χ1v) is 7.21. The van der Waals surface area contributed by atoms with Gasteiger partial charge in [0.15, 0.2) is 0 Å². The molecule has 0 spiro atoms. The summed E-state index contributed by atoms with van der Waals surface area (Å²) in [6.07, 6.45) is 0.924. The first-order valence-electron chi connectivity index (χ1n) is 6.83. The van der Waals surface area contributed by atoms with Crippen LogP contribution in [0.2, 0.25) is 5.02 Å². The number of imidazole rings is 1. The maximum atomic E-state index is 6.33. The van der Waals surface area contributed by atoms with Crippen molar-refractivity contribution in [2.45, 2.75) is 46.2 Å². The average Bonchev–Trinajstić information content (AvgIpc) is 2.68. The Morgan fingerprint density at radius 3 is 2.53 bits per heavy atom. The van der Waals surface area contributed by atoms with E-state index in [-0.39, 0.29) is 12.1 Å². The van der Waals surface area contributed by atoms with Crippen LogP contribution in [0.15, 0.2) is 18.2 Å². The maximum Gasteiger partial charge on any atom is 0.127 e. The van der Waals surface area contributed by atoms with Crippen molar-refractivity contribution in [1.82, 2.24) is 9.55 Å². The molecule has 0 aliphatic heterocycles. The van der Waals surface area contributed by atoms with Gasteiger partial charge >= 0.3 is 0 Å². The molecule has 0 aliphatic carbocycles. The number of para-hydroxylation sites is 1. The molecule has 2 N–H and O–H groups in total. The van der Waals surface area contributed by atoms with E-state index < -0.39 is 0 Å². The van der Waals surface area contributed by atoms with Crippen LogP contribution in [0.4, 0.5) is 0 Å². The molecule has 0 aliphatic rings. The lowest BCUT2D eigenvalue weighted by molar-refractivity contribution is 0.463. The summed E-state index contributed by atoms with van der Waals surface area (Å²) >= 11 is 6.33. The maximum absolute atomic E-state index is 6.33. The van der Waals surface area contributed by atoms with E-state index in [0.29, 0.717) is 5.92 Å². The Morgan fingerprint density at radius 1 is 1.26 bits per heavy atom. The first kappa shape index (κ1) is 14.4. The highest BCUT2D eigenvalue weighted by Gasteiger charge is 2.20. The molecule has 2 rings (SSSR count). The average molecular weight is 280 g/mol. The molecular weight excluding hydrogens is 258 g/mol. The molecule has 1 aromatic heterocycles. The van der Waals surface area contributed by atoms with Crippen molar-refractivity contribution in [3.8, 4) is 0 Å².